The van der Waals surface area contributed by atoms with E-state index in [9.17, 15) is 0 Å². The first-order valence-electron chi connectivity index (χ1n) is 3.90. The normalized spacial score (nSPS) is 22.2. The van der Waals surface area contributed by atoms with E-state index in [1.807, 2.05) is 7.05 Å². The number of morpholine rings is 1. The van der Waals surface area contributed by atoms with Gasteiger partial charge in [0.1, 0.15) is 0 Å². The van der Waals surface area contributed by atoms with E-state index in [2.05, 4.69) is 10.6 Å². The maximum atomic E-state index is 5.48. The van der Waals surface area contributed by atoms with Crippen molar-refractivity contribution in [1.29, 1.82) is 0 Å². The van der Waals surface area contributed by atoms with Crippen LogP contribution in [0.2, 0.25) is 0 Å². The van der Waals surface area contributed by atoms with E-state index in [0.717, 1.165) is 32.7 Å². The third-order valence-corrected chi connectivity index (χ3v) is 1.72. The van der Waals surface area contributed by atoms with E-state index < -0.39 is 0 Å². The molecule has 0 aromatic carbocycles. The molecule has 12 heavy (non-hydrogen) atoms. The summed E-state index contributed by atoms with van der Waals surface area (Å²) in [6, 6.07) is 0. The van der Waals surface area contributed by atoms with Gasteiger partial charge in [0.15, 0.2) is 0 Å². The van der Waals surface area contributed by atoms with Crippen LogP contribution in [0.4, 0.5) is 0 Å². The van der Waals surface area contributed by atoms with Crippen LogP contribution in [0.1, 0.15) is 6.42 Å². The molecule has 0 bridgehead atoms. The molecule has 1 aliphatic heterocycles. The molecule has 0 aromatic rings. The molecule has 0 aromatic heterocycles. The maximum absolute atomic E-state index is 5.48. The predicted octanol–water partition coefficient (Wildman–Crippen LogP) is 0.428. The van der Waals surface area contributed by atoms with Crippen LogP contribution in [0.5, 0.6) is 0 Å². The molecule has 1 heterocycles. The third-order valence-electron chi connectivity index (χ3n) is 1.72. The fraction of sp³-hybridized carbons (Fsp3) is 1.00. The predicted molar refractivity (Wildman–Crippen MR) is 55.6 cm³/mol. The number of hydrogen-bond acceptors (Lipinski definition) is 3. The fourth-order valence-corrected chi connectivity index (χ4v) is 1.11. The number of rotatable bonds is 3. The van der Waals surface area contributed by atoms with Crippen LogP contribution in [-0.4, -0.2) is 39.4 Å². The average molecular weight is 217 g/mol. The Morgan fingerprint density at radius 1 is 1.50 bits per heavy atom. The maximum Gasteiger partial charge on any atom is 0.0712 e. The van der Waals surface area contributed by atoms with E-state index in [0.29, 0.717) is 6.10 Å². The van der Waals surface area contributed by atoms with Crippen molar-refractivity contribution in [3.05, 3.63) is 0 Å². The minimum atomic E-state index is 0. The number of halogens is 2. The number of ether oxygens (including phenoxy) is 1. The lowest BCUT2D eigenvalue weighted by atomic mass is 10.2. The van der Waals surface area contributed by atoms with Gasteiger partial charge < -0.3 is 15.4 Å². The van der Waals surface area contributed by atoms with Gasteiger partial charge in [0.25, 0.3) is 0 Å². The Bertz CT molecular complexity index is 89.5. The zero-order valence-electron chi connectivity index (χ0n) is 7.34. The Kier molecular flexibility index (Phi) is 11.9. The Morgan fingerprint density at radius 2 is 2.25 bits per heavy atom. The quantitative estimate of drug-likeness (QED) is 0.719. The highest BCUT2D eigenvalue weighted by Crippen LogP contribution is 1.99. The van der Waals surface area contributed by atoms with Crippen LogP contribution in [0.15, 0.2) is 0 Å². The van der Waals surface area contributed by atoms with Gasteiger partial charge in [-0.05, 0) is 20.0 Å². The molecule has 1 aliphatic rings. The second kappa shape index (κ2) is 9.55. The Morgan fingerprint density at radius 3 is 2.75 bits per heavy atom. The van der Waals surface area contributed by atoms with Crippen LogP contribution in [-0.2, 0) is 4.74 Å². The first-order valence-corrected chi connectivity index (χ1v) is 3.90. The summed E-state index contributed by atoms with van der Waals surface area (Å²) in [7, 11) is 1.97. The lowest BCUT2D eigenvalue weighted by molar-refractivity contribution is 0.0241. The molecule has 0 radical (unpaired) electrons. The van der Waals surface area contributed by atoms with E-state index in [1.165, 1.54) is 0 Å². The first kappa shape index (κ1) is 15.0. The van der Waals surface area contributed by atoms with Crippen molar-refractivity contribution in [3.8, 4) is 0 Å². The van der Waals surface area contributed by atoms with Crippen LogP contribution in [0.3, 0.4) is 0 Å². The average Bonchev–Trinajstić information content (AvgIpc) is 2.03. The topological polar surface area (TPSA) is 33.3 Å². The second-order valence-corrected chi connectivity index (χ2v) is 2.59. The van der Waals surface area contributed by atoms with Crippen molar-refractivity contribution in [3.63, 3.8) is 0 Å². The molecule has 1 rings (SSSR count). The van der Waals surface area contributed by atoms with Gasteiger partial charge in [-0.3, -0.25) is 0 Å². The van der Waals surface area contributed by atoms with Crippen molar-refractivity contribution >= 4 is 24.8 Å². The highest BCUT2D eigenvalue weighted by Gasteiger charge is 2.11. The molecule has 0 aliphatic carbocycles. The Labute approximate surface area is 86.4 Å². The van der Waals surface area contributed by atoms with Crippen LogP contribution in [0, 0.1) is 0 Å². The number of hydrogen-bond donors (Lipinski definition) is 2. The largest absolute Gasteiger partial charge is 0.376 e. The lowest BCUT2D eigenvalue weighted by Crippen LogP contribution is -2.39. The summed E-state index contributed by atoms with van der Waals surface area (Å²) in [5.74, 6) is 0. The molecule has 0 spiro atoms. The summed E-state index contributed by atoms with van der Waals surface area (Å²) >= 11 is 0. The molecular formula is C7H18Cl2N2O. The Hall–Kier alpha value is 0.460. The van der Waals surface area contributed by atoms with Gasteiger partial charge in [0.2, 0.25) is 0 Å². The van der Waals surface area contributed by atoms with Gasteiger partial charge in [0, 0.05) is 13.1 Å². The molecule has 0 amide bonds. The van der Waals surface area contributed by atoms with Gasteiger partial charge in [0.05, 0.1) is 12.7 Å². The molecule has 76 valence electrons. The summed E-state index contributed by atoms with van der Waals surface area (Å²) in [5.41, 5.74) is 0. The molecule has 1 fully saturated rings. The highest BCUT2D eigenvalue weighted by atomic mass is 35.5. The van der Waals surface area contributed by atoms with E-state index in [4.69, 9.17) is 4.74 Å². The van der Waals surface area contributed by atoms with Gasteiger partial charge in [-0.2, -0.15) is 0 Å². The van der Waals surface area contributed by atoms with E-state index >= 15 is 0 Å². The molecule has 5 heteroatoms. The van der Waals surface area contributed by atoms with Crippen molar-refractivity contribution in [2.24, 2.45) is 0 Å². The molecule has 2 N–H and O–H groups in total. The molecule has 0 saturated carbocycles. The van der Waals surface area contributed by atoms with Crippen LogP contribution in [0.25, 0.3) is 0 Å². The molecule has 1 saturated heterocycles. The van der Waals surface area contributed by atoms with E-state index in [1.54, 1.807) is 0 Å². The van der Waals surface area contributed by atoms with Gasteiger partial charge in [-0.1, -0.05) is 0 Å². The standard InChI is InChI=1S/C7H16N2O.2ClH/c1-8-3-2-7-6-9-4-5-10-7;;/h7-9H,2-6H2,1H3;2*1H. The van der Waals surface area contributed by atoms with Gasteiger partial charge >= 0.3 is 0 Å². The zero-order valence-corrected chi connectivity index (χ0v) is 8.97. The van der Waals surface area contributed by atoms with Gasteiger partial charge in [-0.25, -0.2) is 0 Å². The minimum absolute atomic E-state index is 0. The minimum Gasteiger partial charge on any atom is -0.376 e. The van der Waals surface area contributed by atoms with E-state index in [-0.39, 0.29) is 24.8 Å². The van der Waals surface area contributed by atoms with Crippen molar-refractivity contribution in [2.45, 2.75) is 12.5 Å². The monoisotopic (exact) mass is 216 g/mol. The summed E-state index contributed by atoms with van der Waals surface area (Å²) in [6.45, 7) is 3.94. The third kappa shape index (κ3) is 6.03. The second-order valence-electron chi connectivity index (χ2n) is 2.59. The fourth-order valence-electron chi connectivity index (χ4n) is 1.11. The van der Waals surface area contributed by atoms with Gasteiger partial charge in [-0.15, -0.1) is 24.8 Å². The highest BCUT2D eigenvalue weighted by molar-refractivity contribution is 5.85. The van der Waals surface area contributed by atoms with Crippen LogP contribution >= 0.6 is 24.8 Å². The van der Waals surface area contributed by atoms with Crippen molar-refractivity contribution in [1.82, 2.24) is 10.6 Å². The smallest absolute Gasteiger partial charge is 0.0712 e. The summed E-state index contributed by atoms with van der Waals surface area (Å²) in [4.78, 5) is 0. The van der Waals surface area contributed by atoms with Crippen molar-refractivity contribution in [2.75, 3.05) is 33.3 Å². The van der Waals surface area contributed by atoms with Crippen LogP contribution < -0.4 is 10.6 Å². The molecular weight excluding hydrogens is 199 g/mol. The zero-order chi connectivity index (χ0) is 7.23. The molecule has 1 unspecified atom stereocenters. The SMILES string of the molecule is CNCCC1CNCCO1.Cl.Cl. The Balaban J connectivity index is 0. The summed E-state index contributed by atoms with van der Waals surface area (Å²) < 4.78 is 5.48. The summed E-state index contributed by atoms with van der Waals surface area (Å²) in [5, 5.41) is 6.40. The number of nitrogens with one attached hydrogen (secondary N) is 2. The first-order chi connectivity index (χ1) is 4.93. The molecule has 1 atom stereocenters. The van der Waals surface area contributed by atoms with Crippen molar-refractivity contribution < 1.29 is 4.74 Å². The molecule has 3 nitrogen and oxygen atoms in total. The summed E-state index contributed by atoms with van der Waals surface area (Å²) in [6.07, 6.45) is 1.55. The lowest BCUT2D eigenvalue weighted by Gasteiger charge is -2.23.